The summed E-state index contributed by atoms with van der Waals surface area (Å²) in [6.45, 7) is 6.00. The Morgan fingerprint density at radius 2 is 1.81 bits per heavy atom. The number of rotatable bonds is 4. The Hall–Kier alpha value is -1.87. The molecule has 1 N–H and O–H groups in total. The zero-order chi connectivity index (χ0) is 15.6. The molecule has 0 aliphatic heterocycles. The number of nitrogens with one attached hydrogen (secondary N) is 1. The first kappa shape index (κ1) is 15.5. The summed E-state index contributed by atoms with van der Waals surface area (Å²) < 4.78 is 19.3. The number of methoxy groups -OCH3 is 1. The molecule has 112 valence electrons. The van der Waals surface area contributed by atoms with Gasteiger partial charge in [-0.2, -0.15) is 0 Å². The van der Waals surface area contributed by atoms with Crippen LogP contribution in [0, 0.1) is 26.6 Å². The van der Waals surface area contributed by atoms with Gasteiger partial charge in [0.05, 0.1) is 13.2 Å². The molecule has 21 heavy (non-hydrogen) atoms. The fourth-order valence-electron chi connectivity index (χ4n) is 2.74. The standard InChI is InChI=1S/C18H22FNO/c1-11-8-14(10-15(19)9-11)17(20-4)16-7-6-12(2)13(3)18(16)21-5/h6-10,17,20H,1-5H3. The molecule has 2 aromatic carbocycles. The lowest BCUT2D eigenvalue weighted by molar-refractivity contribution is 0.402. The van der Waals surface area contributed by atoms with Crippen molar-refractivity contribution in [3.63, 3.8) is 0 Å². The Morgan fingerprint density at radius 3 is 2.38 bits per heavy atom. The van der Waals surface area contributed by atoms with Crippen molar-refractivity contribution in [1.29, 1.82) is 0 Å². The van der Waals surface area contributed by atoms with Crippen LogP contribution in [0.5, 0.6) is 5.75 Å². The summed E-state index contributed by atoms with van der Waals surface area (Å²) in [5, 5.41) is 3.26. The molecule has 2 nitrogen and oxygen atoms in total. The first-order valence-corrected chi connectivity index (χ1v) is 7.06. The van der Waals surface area contributed by atoms with Gasteiger partial charge >= 0.3 is 0 Å². The van der Waals surface area contributed by atoms with Crippen molar-refractivity contribution in [2.75, 3.05) is 14.2 Å². The number of ether oxygens (including phenoxy) is 1. The summed E-state index contributed by atoms with van der Waals surface area (Å²) >= 11 is 0. The zero-order valence-corrected chi connectivity index (χ0v) is 13.3. The molecule has 1 atom stereocenters. The molecule has 2 aromatic rings. The second-order valence-electron chi connectivity index (χ2n) is 5.41. The number of hydrogen-bond acceptors (Lipinski definition) is 2. The maximum Gasteiger partial charge on any atom is 0.127 e. The molecule has 0 aliphatic rings. The molecule has 3 heteroatoms. The summed E-state index contributed by atoms with van der Waals surface area (Å²) in [4.78, 5) is 0. The zero-order valence-electron chi connectivity index (χ0n) is 13.3. The maximum absolute atomic E-state index is 13.7. The smallest absolute Gasteiger partial charge is 0.127 e. The molecular weight excluding hydrogens is 265 g/mol. The lowest BCUT2D eigenvalue weighted by Gasteiger charge is -2.22. The van der Waals surface area contributed by atoms with Crippen molar-refractivity contribution in [1.82, 2.24) is 5.32 Å². The van der Waals surface area contributed by atoms with Gasteiger partial charge in [0.15, 0.2) is 0 Å². The fourth-order valence-corrected chi connectivity index (χ4v) is 2.74. The van der Waals surface area contributed by atoms with E-state index in [0.29, 0.717) is 0 Å². The van der Waals surface area contributed by atoms with E-state index in [9.17, 15) is 4.39 Å². The van der Waals surface area contributed by atoms with Crippen LogP contribution in [-0.2, 0) is 0 Å². The number of aryl methyl sites for hydroxylation is 2. The van der Waals surface area contributed by atoms with Crippen LogP contribution in [0.15, 0.2) is 30.3 Å². The van der Waals surface area contributed by atoms with Crippen molar-refractivity contribution < 1.29 is 9.13 Å². The van der Waals surface area contributed by atoms with E-state index in [1.807, 2.05) is 33.0 Å². The van der Waals surface area contributed by atoms with E-state index in [1.165, 1.54) is 11.6 Å². The van der Waals surface area contributed by atoms with Crippen LogP contribution in [0.3, 0.4) is 0 Å². The van der Waals surface area contributed by atoms with Crippen LogP contribution in [0.2, 0.25) is 0 Å². The minimum absolute atomic E-state index is 0.103. The predicted octanol–water partition coefficient (Wildman–Crippen LogP) is 4.07. The molecule has 0 bridgehead atoms. The van der Waals surface area contributed by atoms with E-state index in [4.69, 9.17) is 4.74 Å². The van der Waals surface area contributed by atoms with Crippen molar-refractivity contribution in [3.05, 3.63) is 64.0 Å². The summed E-state index contributed by atoms with van der Waals surface area (Å²) in [7, 11) is 3.55. The quantitative estimate of drug-likeness (QED) is 0.915. The van der Waals surface area contributed by atoms with E-state index in [2.05, 4.69) is 18.3 Å². The SMILES string of the molecule is CNC(c1cc(C)cc(F)c1)c1ccc(C)c(C)c1OC. The van der Waals surface area contributed by atoms with Gasteiger partial charge in [0, 0.05) is 5.56 Å². The lowest BCUT2D eigenvalue weighted by Crippen LogP contribution is -2.19. The Balaban J connectivity index is 2.59. The largest absolute Gasteiger partial charge is 0.496 e. The first-order valence-electron chi connectivity index (χ1n) is 7.06. The van der Waals surface area contributed by atoms with Gasteiger partial charge in [-0.15, -0.1) is 0 Å². The lowest BCUT2D eigenvalue weighted by atomic mass is 9.93. The third-order valence-corrected chi connectivity index (χ3v) is 3.91. The number of halogens is 1. The molecule has 0 fully saturated rings. The highest BCUT2D eigenvalue weighted by atomic mass is 19.1. The van der Waals surface area contributed by atoms with Crippen LogP contribution in [0.4, 0.5) is 4.39 Å². The molecule has 0 aromatic heterocycles. The molecule has 0 spiro atoms. The van der Waals surface area contributed by atoms with Gasteiger partial charge in [-0.1, -0.05) is 18.2 Å². The van der Waals surface area contributed by atoms with E-state index in [0.717, 1.165) is 28.0 Å². The summed E-state index contributed by atoms with van der Waals surface area (Å²) in [5.41, 5.74) is 5.13. The average Bonchev–Trinajstić information content (AvgIpc) is 2.43. The van der Waals surface area contributed by atoms with Gasteiger partial charge in [0.2, 0.25) is 0 Å². The average molecular weight is 287 g/mol. The van der Waals surface area contributed by atoms with Crippen LogP contribution < -0.4 is 10.1 Å². The summed E-state index contributed by atoms with van der Waals surface area (Å²) in [6.07, 6.45) is 0. The van der Waals surface area contributed by atoms with Crippen LogP contribution in [0.1, 0.15) is 33.9 Å². The van der Waals surface area contributed by atoms with Crippen molar-refractivity contribution >= 4 is 0 Å². The Morgan fingerprint density at radius 1 is 1.10 bits per heavy atom. The maximum atomic E-state index is 13.7. The fraction of sp³-hybridized carbons (Fsp3) is 0.333. The third kappa shape index (κ3) is 3.08. The first-order chi connectivity index (χ1) is 9.97. The van der Waals surface area contributed by atoms with Gasteiger partial charge in [-0.05, 0) is 62.2 Å². The highest BCUT2D eigenvalue weighted by Gasteiger charge is 2.19. The van der Waals surface area contributed by atoms with E-state index >= 15 is 0 Å². The van der Waals surface area contributed by atoms with Crippen LogP contribution in [-0.4, -0.2) is 14.2 Å². The van der Waals surface area contributed by atoms with Gasteiger partial charge in [-0.3, -0.25) is 0 Å². The van der Waals surface area contributed by atoms with E-state index in [1.54, 1.807) is 13.2 Å². The number of hydrogen-bond donors (Lipinski definition) is 1. The molecule has 0 heterocycles. The van der Waals surface area contributed by atoms with Crippen LogP contribution in [0.25, 0.3) is 0 Å². The number of benzene rings is 2. The second-order valence-corrected chi connectivity index (χ2v) is 5.41. The van der Waals surface area contributed by atoms with Gasteiger partial charge < -0.3 is 10.1 Å². The minimum atomic E-state index is -0.215. The predicted molar refractivity (Wildman–Crippen MR) is 84.5 cm³/mol. The minimum Gasteiger partial charge on any atom is -0.496 e. The third-order valence-electron chi connectivity index (χ3n) is 3.91. The van der Waals surface area contributed by atoms with E-state index < -0.39 is 0 Å². The molecule has 0 amide bonds. The molecular formula is C18H22FNO. The van der Waals surface area contributed by atoms with Gasteiger partial charge in [0.25, 0.3) is 0 Å². The highest BCUT2D eigenvalue weighted by molar-refractivity contribution is 5.49. The Bertz CT molecular complexity index is 632. The molecule has 0 radical (unpaired) electrons. The molecule has 1 unspecified atom stereocenters. The summed E-state index contributed by atoms with van der Waals surface area (Å²) in [5.74, 6) is 0.643. The molecule has 0 saturated heterocycles. The normalized spacial score (nSPS) is 12.3. The topological polar surface area (TPSA) is 21.3 Å². The molecule has 0 saturated carbocycles. The Labute approximate surface area is 126 Å². The summed E-state index contributed by atoms with van der Waals surface area (Å²) in [6, 6.07) is 9.12. The molecule has 0 aliphatic carbocycles. The van der Waals surface area contributed by atoms with Crippen molar-refractivity contribution in [3.8, 4) is 5.75 Å². The second kappa shape index (κ2) is 6.27. The molecule has 2 rings (SSSR count). The van der Waals surface area contributed by atoms with Crippen molar-refractivity contribution in [2.24, 2.45) is 0 Å². The van der Waals surface area contributed by atoms with Crippen molar-refractivity contribution in [2.45, 2.75) is 26.8 Å². The van der Waals surface area contributed by atoms with Gasteiger partial charge in [0.1, 0.15) is 11.6 Å². The van der Waals surface area contributed by atoms with Gasteiger partial charge in [-0.25, -0.2) is 4.39 Å². The monoisotopic (exact) mass is 287 g/mol. The highest BCUT2D eigenvalue weighted by Crippen LogP contribution is 2.34. The van der Waals surface area contributed by atoms with Crippen LogP contribution >= 0.6 is 0 Å². The van der Waals surface area contributed by atoms with E-state index in [-0.39, 0.29) is 11.9 Å². The Kier molecular flexibility index (Phi) is 4.63.